The van der Waals surface area contributed by atoms with Crippen molar-refractivity contribution in [2.75, 3.05) is 0 Å². The summed E-state index contributed by atoms with van der Waals surface area (Å²) in [7, 11) is 0. The van der Waals surface area contributed by atoms with E-state index < -0.39 is 18.6 Å². The lowest BCUT2D eigenvalue weighted by Crippen LogP contribution is -2.39. The van der Waals surface area contributed by atoms with Crippen molar-refractivity contribution in [3.05, 3.63) is 29.8 Å². The fourth-order valence-electron chi connectivity index (χ4n) is 2.14. The SMILES string of the molecule is CC(NC(C(=O)O)C1CC1)c1ccc(OC(F)F)cc1. The molecule has 1 saturated carbocycles. The van der Waals surface area contributed by atoms with Crippen molar-refractivity contribution in [3.8, 4) is 5.75 Å². The number of hydrogen-bond acceptors (Lipinski definition) is 3. The quantitative estimate of drug-likeness (QED) is 0.808. The van der Waals surface area contributed by atoms with Crippen LogP contribution in [0.25, 0.3) is 0 Å². The number of rotatable bonds is 7. The minimum Gasteiger partial charge on any atom is -0.480 e. The molecule has 1 aliphatic rings. The summed E-state index contributed by atoms with van der Waals surface area (Å²) >= 11 is 0. The number of aliphatic carboxylic acids is 1. The van der Waals surface area contributed by atoms with Crippen LogP contribution >= 0.6 is 0 Å². The highest BCUT2D eigenvalue weighted by molar-refractivity contribution is 5.74. The third-order valence-electron chi connectivity index (χ3n) is 3.39. The Morgan fingerprint density at radius 1 is 1.35 bits per heavy atom. The molecule has 0 amide bonds. The van der Waals surface area contributed by atoms with Crippen LogP contribution in [0.3, 0.4) is 0 Å². The summed E-state index contributed by atoms with van der Waals surface area (Å²) in [5.41, 5.74) is 0.832. The molecule has 20 heavy (non-hydrogen) atoms. The molecule has 1 aromatic carbocycles. The normalized spacial score (nSPS) is 17.8. The van der Waals surface area contributed by atoms with E-state index in [1.807, 2.05) is 6.92 Å². The van der Waals surface area contributed by atoms with Crippen LogP contribution in [0.1, 0.15) is 31.4 Å². The Kier molecular flexibility index (Phi) is 4.54. The van der Waals surface area contributed by atoms with Crippen LogP contribution in [0.5, 0.6) is 5.75 Å². The van der Waals surface area contributed by atoms with Crippen molar-refractivity contribution >= 4 is 5.97 Å². The van der Waals surface area contributed by atoms with E-state index in [0.29, 0.717) is 0 Å². The third kappa shape index (κ3) is 3.90. The summed E-state index contributed by atoms with van der Waals surface area (Å²) in [5.74, 6) is -0.568. The number of halogens is 2. The van der Waals surface area contributed by atoms with Gasteiger partial charge in [-0.1, -0.05) is 12.1 Å². The fourth-order valence-corrected chi connectivity index (χ4v) is 2.14. The average Bonchev–Trinajstić information content (AvgIpc) is 3.19. The summed E-state index contributed by atoms with van der Waals surface area (Å²) in [4.78, 5) is 11.2. The maximum atomic E-state index is 12.0. The zero-order chi connectivity index (χ0) is 14.7. The Labute approximate surface area is 115 Å². The maximum Gasteiger partial charge on any atom is 0.387 e. The van der Waals surface area contributed by atoms with Crippen LogP contribution in [0.4, 0.5) is 8.78 Å². The maximum absolute atomic E-state index is 12.0. The molecule has 2 atom stereocenters. The number of nitrogens with one attached hydrogen (secondary N) is 1. The van der Waals surface area contributed by atoms with Gasteiger partial charge in [-0.05, 0) is 43.4 Å². The van der Waals surface area contributed by atoms with Crippen molar-refractivity contribution in [2.45, 2.75) is 38.5 Å². The molecule has 2 N–H and O–H groups in total. The number of ether oxygens (including phenoxy) is 1. The Bertz CT molecular complexity index is 460. The number of hydrogen-bond donors (Lipinski definition) is 2. The topological polar surface area (TPSA) is 58.6 Å². The molecule has 0 saturated heterocycles. The number of carboxylic acids is 1. The Morgan fingerprint density at radius 2 is 1.95 bits per heavy atom. The summed E-state index contributed by atoms with van der Waals surface area (Å²) < 4.78 is 28.3. The van der Waals surface area contributed by atoms with E-state index in [0.717, 1.165) is 18.4 Å². The number of alkyl halides is 2. The second-order valence-electron chi connectivity index (χ2n) is 4.99. The van der Waals surface area contributed by atoms with Gasteiger partial charge in [0.1, 0.15) is 11.8 Å². The van der Waals surface area contributed by atoms with Gasteiger partial charge < -0.3 is 9.84 Å². The highest BCUT2D eigenvalue weighted by Gasteiger charge is 2.36. The molecular formula is C14H17F2NO3. The molecule has 0 bridgehead atoms. The van der Waals surface area contributed by atoms with Gasteiger partial charge in [0.05, 0.1) is 0 Å². The van der Waals surface area contributed by atoms with Crippen LogP contribution < -0.4 is 10.1 Å². The van der Waals surface area contributed by atoms with E-state index in [2.05, 4.69) is 10.1 Å². The van der Waals surface area contributed by atoms with E-state index in [1.165, 1.54) is 12.1 Å². The van der Waals surface area contributed by atoms with Crippen molar-refractivity contribution in [3.63, 3.8) is 0 Å². The molecule has 0 aromatic heterocycles. The van der Waals surface area contributed by atoms with Gasteiger partial charge >= 0.3 is 12.6 Å². The standard InChI is InChI=1S/C14H17F2NO3/c1-8(17-12(13(18)19)10-2-3-10)9-4-6-11(7-5-9)20-14(15)16/h4-8,10,12,14,17H,2-3H2,1H3,(H,18,19). The molecule has 0 spiro atoms. The Morgan fingerprint density at radius 3 is 2.40 bits per heavy atom. The second kappa shape index (κ2) is 6.17. The molecule has 2 unspecified atom stereocenters. The lowest BCUT2D eigenvalue weighted by atomic mass is 10.1. The summed E-state index contributed by atoms with van der Waals surface area (Å²) in [6, 6.07) is 5.49. The van der Waals surface area contributed by atoms with E-state index in [1.54, 1.807) is 12.1 Å². The molecule has 1 fully saturated rings. The predicted molar refractivity (Wildman–Crippen MR) is 68.8 cm³/mol. The van der Waals surface area contributed by atoms with Crippen molar-refractivity contribution in [2.24, 2.45) is 5.92 Å². The van der Waals surface area contributed by atoms with Gasteiger partial charge in [-0.25, -0.2) is 0 Å². The number of carboxylic acid groups (broad SMARTS) is 1. The lowest BCUT2D eigenvalue weighted by Gasteiger charge is -2.20. The first-order valence-electron chi connectivity index (χ1n) is 6.51. The molecule has 0 aliphatic heterocycles. The smallest absolute Gasteiger partial charge is 0.387 e. The minimum absolute atomic E-state index is 0.0907. The highest BCUT2D eigenvalue weighted by atomic mass is 19.3. The molecular weight excluding hydrogens is 268 g/mol. The first kappa shape index (κ1) is 14.7. The van der Waals surface area contributed by atoms with E-state index in [4.69, 9.17) is 5.11 Å². The van der Waals surface area contributed by atoms with Gasteiger partial charge in [0, 0.05) is 6.04 Å². The van der Waals surface area contributed by atoms with Crippen molar-refractivity contribution in [1.82, 2.24) is 5.32 Å². The largest absolute Gasteiger partial charge is 0.480 e. The predicted octanol–water partition coefficient (Wildman–Crippen LogP) is 2.80. The van der Waals surface area contributed by atoms with Gasteiger partial charge in [-0.3, -0.25) is 10.1 Å². The fraction of sp³-hybridized carbons (Fsp3) is 0.500. The Balaban J connectivity index is 1.97. The molecule has 0 radical (unpaired) electrons. The summed E-state index contributed by atoms with van der Waals surface area (Å²) in [6.07, 6.45) is 1.86. The third-order valence-corrected chi connectivity index (χ3v) is 3.39. The van der Waals surface area contributed by atoms with Crippen LogP contribution in [0.2, 0.25) is 0 Å². The summed E-state index contributed by atoms with van der Waals surface area (Å²) in [5, 5.41) is 12.2. The number of carbonyl (C=O) groups is 1. The molecule has 2 rings (SSSR count). The van der Waals surface area contributed by atoms with Crippen molar-refractivity contribution < 1.29 is 23.4 Å². The van der Waals surface area contributed by atoms with Crippen LogP contribution in [0.15, 0.2) is 24.3 Å². The summed E-state index contributed by atoms with van der Waals surface area (Å²) in [6.45, 7) is -0.996. The van der Waals surface area contributed by atoms with Gasteiger partial charge in [0.15, 0.2) is 0 Å². The highest BCUT2D eigenvalue weighted by Crippen LogP contribution is 2.34. The number of benzene rings is 1. The van der Waals surface area contributed by atoms with Gasteiger partial charge in [0.2, 0.25) is 0 Å². The van der Waals surface area contributed by atoms with Crippen LogP contribution in [-0.4, -0.2) is 23.7 Å². The van der Waals surface area contributed by atoms with E-state index >= 15 is 0 Å². The zero-order valence-corrected chi connectivity index (χ0v) is 11.1. The molecule has 0 heterocycles. The monoisotopic (exact) mass is 285 g/mol. The molecule has 6 heteroatoms. The van der Waals surface area contributed by atoms with Gasteiger partial charge in [-0.15, -0.1) is 0 Å². The molecule has 1 aliphatic carbocycles. The second-order valence-corrected chi connectivity index (χ2v) is 4.99. The molecule has 4 nitrogen and oxygen atoms in total. The minimum atomic E-state index is -2.84. The van der Waals surface area contributed by atoms with Gasteiger partial charge in [0.25, 0.3) is 0 Å². The van der Waals surface area contributed by atoms with Gasteiger partial charge in [-0.2, -0.15) is 8.78 Å². The molecule has 1 aromatic rings. The van der Waals surface area contributed by atoms with Crippen LogP contribution in [-0.2, 0) is 4.79 Å². The first-order valence-corrected chi connectivity index (χ1v) is 6.51. The zero-order valence-electron chi connectivity index (χ0n) is 11.1. The van der Waals surface area contributed by atoms with E-state index in [-0.39, 0.29) is 17.7 Å². The van der Waals surface area contributed by atoms with E-state index in [9.17, 15) is 13.6 Å². The molecule has 110 valence electrons. The average molecular weight is 285 g/mol. The Hall–Kier alpha value is -1.69. The first-order chi connectivity index (χ1) is 9.47. The lowest BCUT2D eigenvalue weighted by molar-refractivity contribution is -0.140. The van der Waals surface area contributed by atoms with Crippen molar-refractivity contribution in [1.29, 1.82) is 0 Å². The van der Waals surface area contributed by atoms with Crippen LogP contribution in [0, 0.1) is 5.92 Å².